The van der Waals surface area contributed by atoms with Crippen LogP contribution in [0.5, 0.6) is 0 Å². The van der Waals surface area contributed by atoms with Crippen molar-refractivity contribution in [3.63, 3.8) is 0 Å². The Kier molecular flexibility index (Phi) is 6.69. The Bertz CT molecular complexity index is 329. The third-order valence-electron chi connectivity index (χ3n) is 2.27. The Morgan fingerprint density at radius 1 is 1.44 bits per heavy atom. The Labute approximate surface area is 100 Å². The van der Waals surface area contributed by atoms with E-state index in [-0.39, 0.29) is 36.5 Å². The zero-order valence-corrected chi connectivity index (χ0v) is 9.80. The maximum Gasteiger partial charge on any atom is 0.306 e. The largest absolute Gasteiger partial charge is 0.469 e. The smallest absolute Gasteiger partial charge is 0.306 e. The summed E-state index contributed by atoms with van der Waals surface area (Å²) in [6.07, 6.45) is 0.221. The zero-order valence-electron chi connectivity index (χ0n) is 8.98. The van der Waals surface area contributed by atoms with Gasteiger partial charge >= 0.3 is 5.97 Å². The van der Waals surface area contributed by atoms with E-state index in [4.69, 9.17) is 5.73 Å². The molecule has 3 nitrogen and oxygen atoms in total. The van der Waals surface area contributed by atoms with Crippen LogP contribution in [0.25, 0.3) is 0 Å². The minimum absolute atomic E-state index is 0. The molecule has 0 radical (unpaired) electrons. The lowest BCUT2D eigenvalue weighted by Gasteiger charge is -2.13. The number of carbonyl (C=O) groups excluding carboxylic acids is 1. The van der Waals surface area contributed by atoms with Crippen molar-refractivity contribution in [2.75, 3.05) is 13.7 Å². The topological polar surface area (TPSA) is 52.3 Å². The Balaban J connectivity index is 0.00000225. The first-order chi connectivity index (χ1) is 7.17. The fourth-order valence-corrected chi connectivity index (χ4v) is 1.36. The monoisotopic (exact) mass is 247 g/mol. The van der Waals surface area contributed by atoms with Crippen molar-refractivity contribution in [2.45, 2.75) is 12.3 Å². The molecule has 0 aliphatic rings. The van der Waals surface area contributed by atoms with E-state index in [1.54, 1.807) is 12.1 Å². The fourth-order valence-electron chi connectivity index (χ4n) is 1.36. The molecule has 0 spiro atoms. The van der Waals surface area contributed by atoms with Crippen molar-refractivity contribution >= 4 is 18.4 Å². The average Bonchev–Trinajstić information content (AvgIpc) is 2.27. The van der Waals surface area contributed by atoms with Gasteiger partial charge in [-0.3, -0.25) is 4.79 Å². The molecule has 2 N–H and O–H groups in total. The SMILES string of the molecule is COC(=O)CC(CN)c1ccc(F)cc1.Cl. The van der Waals surface area contributed by atoms with Crippen LogP contribution < -0.4 is 5.73 Å². The summed E-state index contributed by atoms with van der Waals surface area (Å²) in [5.41, 5.74) is 6.40. The van der Waals surface area contributed by atoms with Gasteiger partial charge in [-0.25, -0.2) is 4.39 Å². The van der Waals surface area contributed by atoms with Crippen LogP contribution in [0.4, 0.5) is 4.39 Å². The van der Waals surface area contributed by atoms with Gasteiger partial charge in [0.15, 0.2) is 0 Å². The second-order valence-electron chi connectivity index (χ2n) is 3.26. The van der Waals surface area contributed by atoms with Crippen LogP contribution in [0.3, 0.4) is 0 Å². The number of esters is 1. The van der Waals surface area contributed by atoms with Crippen LogP contribution >= 0.6 is 12.4 Å². The first kappa shape index (κ1) is 14.9. The van der Waals surface area contributed by atoms with Gasteiger partial charge in [0.2, 0.25) is 0 Å². The molecular formula is C11H15ClFNO2. The van der Waals surface area contributed by atoms with E-state index in [1.807, 2.05) is 0 Å². The molecule has 1 aromatic carbocycles. The van der Waals surface area contributed by atoms with Crippen LogP contribution in [-0.4, -0.2) is 19.6 Å². The van der Waals surface area contributed by atoms with E-state index < -0.39 is 0 Å². The lowest BCUT2D eigenvalue weighted by Crippen LogP contribution is -2.17. The molecule has 0 saturated heterocycles. The number of hydrogen-bond donors (Lipinski definition) is 1. The van der Waals surface area contributed by atoms with Gasteiger partial charge in [0, 0.05) is 5.92 Å². The molecule has 1 atom stereocenters. The van der Waals surface area contributed by atoms with Crippen molar-refractivity contribution in [1.29, 1.82) is 0 Å². The minimum Gasteiger partial charge on any atom is -0.469 e. The van der Waals surface area contributed by atoms with E-state index in [2.05, 4.69) is 4.74 Å². The second kappa shape index (κ2) is 7.19. The standard InChI is InChI=1S/C11H14FNO2.ClH/c1-15-11(14)6-9(7-13)8-2-4-10(12)5-3-8;/h2-5,9H,6-7,13H2,1H3;1H. The van der Waals surface area contributed by atoms with Crippen molar-refractivity contribution in [1.82, 2.24) is 0 Å². The number of ether oxygens (including phenoxy) is 1. The van der Waals surface area contributed by atoms with E-state index in [9.17, 15) is 9.18 Å². The van der Waals surface area contributed by atoms with Crippen molar-refractivity contribution in [2.24, 2.45) is 5.73 Å². The molecule has 0 aliphatic carbocycles. The summed E-state index contributed by atoms with van der Waals surface area (Å²) >= 11 is 0. The molecule has 0 aromatic heterocycles. The molecule has 1 aromatic rings. The van der Waals surface area contributed by atoms with Crippen LogP contribution in [-0.2, 0) is 9.53 Å². The minimum atomic E-state index is -0.310. The summed E-state index contributed by atoms with van der Waals surface area (Å²) in [7, 11) is 1.33. The third-order valence-corrected chi connectivity index (χ3v) is 2.27. The Morgan fingerprint density at radius 3 is 2.44 bits per heavy atom. The summed E-state index contributed by atoms with van der Waals surface area (Å²) in [6, 6.07) is 5.98. The lowest BCUT2D eigenvalue weighted by atomic mass is 9.96. The molecule has 0 amide bonds. The highest BCUT2D eigenvalue weighted by atomic mass is 35.5. The van der Waals surface area contributed by atoms with Crippen molar-refractivity contribution < 1.29 is 13.9 Å². The first-order valence-electron chi connectivity index (χ1n) is 4.69. The number of benzene rings is 1. The van der Waals surface area contributed by atoms with Crippen LogP contribution in [0, 0.1) is 5.82 Å². The molecule has 0 bridgehead atoms. The first-order valence-corrected chi connectivity index (χ1v) is 4.69. The van der Waals surface area contributed by atoms with Gasteiger partial charge in [-0.05, 0) is 24.2 Å². The fraction of sp³-hybridized carbons (Fsp3) is 0.364. The predicted molar refractivity (Wildman–Crippen MR) is 62.1 cm³/mol. The summed E-state index contributed by atoms with van der Waals surface area (Å²) in [6.45, 7) is 0.334. The Morgan fingerprint density at radius 2 is 2.00 bits per heavy atom. The molecule has 1 rings (SSSR count). The zero-order chi connectivity index (χ0) is 11.3. The van der Waals surface area contributed by atoms with Crippen molar-refractivity contribution in [3.05, 3.63) is 35.6 Å². The van der Waals surface area contributed by atoms with Crippen molar-refractivity contribution in [3.8, 4) is 0 Å². The van der Waals surface area contributed by atoms with Crippen LogP contribution in [0.2, 0.25) is 0 Å². The van der Waals surface area contributed by atoms with E-state index >= 15 is 0 Å². The highest BCUT2D eigenvalue weighted by Gasteiger charge is 2.14. The summed E-state index contributed by atoms with van der Waals surface area (Å²) < 4.78 is 17.2. The van der Waals surface area contributed by atoms with Gasteiger partial charge in [-0.15, -0.1) is 12.4 Å². The maximum atomic E-state index is 12.7. The molecule has 16 heavy (non-hydrogen) atoms. The summed E-state index contributed by atoms with van der Waals surface area (Å²) in [5.74, 6) is -0.722. The normalized spacial score (nSPS) is 11.4. The van der Waals surface area contributed by atoms with Crippen LogP contribution in [0.15, 0.2) is 24.3 Å². The van der Waals surface area contributed by atoms with Gasteiger partial charge in [-0.1, -0.05) is 12.1 Å². The van der Waals surface area contributed by atoms with E-state index in [1.165, 1.54) is 19.2 Å². The number of hydrogen-bond acceptors (Lipinski definition) is 3. The molecule has 5 heteroatoms. The quantitative estimate of drug-likeness (QED) is 0.827. The second-order valence-corrected chi connectivity index (χ2v) is 3.26. The van der Waals surface area contributed by atoms with Gasteiger partial charge in [0.05, 0.1) is 13.5 Å². The average molecular weight is 248 g/mol. The number of methoxy groups -OCH3 is 1. The van der Waals surface area contributed by atoms with Gasteiger partial charge in [-0.2, -0.15) is 0 Å². The van der Waals surface area contributed by atoms with Gasteiger partial charge < -0.3 is 10.5 Å². The highest BCUT2D eigenvalue weighted by Crippen LogP contribution is 2.19. The maximum absolute atomic E-state index is 12.7. The van der Waals surface area contributed by atoms with E-state index in [0.717, 1.165) is 5.56 Å². The van der Waals surface area contributed by atoms with Crippen LogP contribution in [0.1, 0.15) is 17.9 Å². The predicted octanol–water partition coefficient (Wildman–Crippen LogP) is 1.85. The molecule has 0 saturated carbocycles. The highest BCUT2D eigenvalue weighted by molar-refractivity contribution is 5.85. The van der Waals surface area contributed by atoms with Gasteiger partial charge in [0.1, 0.15) is 5.82 Å². The number of rotatable bonds is 4. The molecule has 0 fully saturated rings. The molecule has 90 valence electrons. The van der Waals surface area contributed by atoms with Gasteiger partial charge in [0.25, 0.3) is 0 Å². The molecule has 1 unspecified atom stereocenters. The summed E-state index contributed by atoms with van der Waals surface area (Å²) in [5, 5.41) is 0. The number of nitrogens with two attached hydrogens (primary N) is 1. The number of carbonyl (C=O) groups is 1. The number of halogens is 2. The molecule has 0 aliphatic heterocycles. The molecule has 0 heterocycles. The Hall–Kier alpha value is -1.13. The lowest BCUT2D eigenvalue weighted by molar-refractivity contribution is -0.141. The molecular weight excluding hydrogens is 233 g/mol. The third kappa shape index (κ3) is 4.16. The van der Waals surface area contributed by atoms with E-state index in [0.29, 0.717) is 6.54 Å². The summed E-state index contributed by atoms with van der Waals surface area (Å²) in [4.78, 5) is 11.1.